The van der Waals surface area contributed by atoms with Gasteiger partial charge in [0.2, 0.25) is 5.95 Å². The van der Waals surface area contributed by atoms with Crippen molar-refractivity contribution in [2.45, 2.75) is 32.2 Å². The van der Waals surface area contributed by atoms with Gasteiger partial charge in [-0.3, -0.25) is 5.10 Å². The molecule has 0 aliphatic carbocycles. The molecule has 11 heteroatoms. The molecule has 0 saturated carbocycles. The quantitative estimate of drug-likeness (QED) is 0.474. The van der Waals surface area contributed by atoms with Crippen LogP contribution >= 0.6 is 11.3 Å². The molecule has 5 rings (SSSR count). The summed E-state index contributed by atoms with van der Waals surface area (Å²) in [5.74, 6) is 1.21. The lowest BCUT2D eigenvalue weighted by atomic mass is 10.1. The largest absolute Gasteiger partial charge is 0.358 e. The topological polar surface area (TPSA) is 109 Å². The molecular formula is C19H19FN8OS. The van der Waals surface area contributed by atoms with Crippen molar-refractivity contribution in [1.82, 2.24) is 30.3 Å². The average Bonchev–Trinajstić information content (AvgIpc) is 3.55. The van der Waals surface area contributed by atoms with Gasteiger partial charge in [-0.15, -0.1) is 11.3 Å². The first-order chi connectivity index (χ1) is 14.7. The number of aryl methyl sites for hydroxylation is 1. The third kappa shape index (κ3) is 3.52. The van der Waals surface area contributed by atoms with Crippen molar-refractivity contribution in [1.29, 1.82) is 0 Å². The van der Waals surface area contributed by atoms with Gasteiger partial charge in [0, 0.05) is 35.9 Å². The van der Waals surface area contributed by atoms with Crippen LogP contribution in [0.5, 0.6) is 0 Å². The van der Waals surface area contributed by atoms with Crippen molar-refractivity contribution in [2.24, 2.45) is 0 Å². The molecule has 4 aromatic rings. The predicted molar refractivity (Wildman–Crippen MR) is 110 cm³/mol. The van der Waals surface area contributed by atoms with Crippen LogP contribution in [0, 0.1) is 5.82 Å². The maximum Gasteiger partial charge on any atom is 0.228 e. The monoisotopic (exact) mass is 426 g/mol. The minimum absolute atomic E-state index is 0.0680. The molecule has 0 spiro atoms. The van der Waals surface area contributed by atoms with Gasteiger partial charge in [0.1, 0.15) is 10.7 Å². The zero-order chi connectivity index (χ0) is 20.5. The molecule has 1 saturated heterocycles. The highest BCUT2D eigenvalue weighted by molar-refractivity contribution is 7.13. The minimum Gasteiger partial charge on any atom is -0.358 e. The Hall–Kier alpha value is -3.34. The Balaban J connectivity index is 1.40. The number of aromatic amines is 1. The number of anilines is 3. The van der Waals surface area contributed by atoms with Crippen LogP contribution < -0.4 is 10.2 Å². The highest BCUT2D eigenvalue weighted by atomic mass is 32.1. The summed E-state index contributed by atoms with van der Waals surface area (Å²) >= 11 is 1.51. The molecule has 0 amide bonds. The van der Waals surface area contributed by atoms with Crippen LogP contribution in [0.2, 0.25) is 0 Å². The first kappa shape index (κ1) is 18.7. The van der Waals surface area contributed by atoms with Crippen LogP contribution in [0.3, 0.4) is 0 Å². The Morgan fingerprint density at radius 2 is 2.30 bits per heavy atom. The summed E-state index contributed by atoms with van der Waals surface area (Å²) in [7, 11) is 0. The fraction of sp³-hybridized carbons (Fsp3) is 0.316. The summed E-state index contributed by atoms with van der Waals surface area (Å²) in [4.78, 5) is 14.9. The Morgan fingerprint density at radius 1 is 1.37 bits per heavy atom. The lowest BCUT2D eigenvalue weighted by Crippen LogP contribution is -2.24. The number of hydrogen-bond donors (Lipinski definition) is 2. The summed E-state index contributed by atoms with van der Waals surface area (Å²) in [6.07, 6.45) is 5.53. The third-order valence-corrected chi connectivity index (χ3v) is 5.80. The van der Waals surface area contributed by atoms with Crippen LogP contribution in [0.15, 0.2) is 34.4 Å². The zero-order valence-electron chi connectivity index (χ0n) is 16.2. The second-order valence-electron chi connectivity index (χ2n) is 6.93. The highest BCUT2D eigenvalue weighted by Gasteiger charge is 2.32. The van der Waals surface area contributed by atoms with Crippen molar-refractivity contribution >= 4 is 28.9 Å². The smallest absolute Gasteiger partial charge is 0.228 e. The Bertz CT molecular complexity index is 1140. The molecular weight excluding hydrogens is 407 g/mol. The number of nitrogens with zero attached hydrogens (tertiary/aromatic N) is 6. The van der Waals surface area contributed by atoms with E-state index in [-0.39, 0.29) is 11.9 Å². The summed E-state index contributed by atoms with van der Waals surface area (Å²) < 4.78 is 19.9. The molecule has 1 aliphatic rings. The van der Waals surface area contributed by atoms with Crippen LogP contribution in [0.1, 0.15) is 37.3 Å². The van der Waals surface area contributed by atoms with Crippen LogP contribution in [-0.2, 0) is 6.42 Å². The number of nitrogens with one attached hydrogen (secondary N) is 2. The molecule has 1 atom stereocenters. The van der Waals surface area contributed by atoms with Gasteiger partial charge in [-0.05, 0) is 19.3 Å². The van der Waals surface area contributed by atoms with Gasteiger partial charge in [0.05, 0.1) is 12.2 Å². The second kappa shape index (κ2) is 7.82. The summed E-state index contributed by atoms with van der Waals surface area (Å²) in [6.45, 7) is 2.75. The molecule has 30 heavy (non-hydrogen) atoms. The van der Waals surface area contributed by atoms with E-state index < -0.39 is 5.82 Å². The number of aromatic nitrogens is 6. The molecule has 0 aromatic carbocycles. The number of halogens is 1. The Kier molecular flexibility index (Phi) is 4.87. The third-order valence-electron chi connectivity index (χ3n) is 5.01. The van der Waals surface area contributed by atoms with Gasteiger partial charge >= 0.3 is 0 Å². The van der Waals surface area contributed by atoms with E-state index in [2.05, 4.69) is 35.6 Å². The van der Waals surface area contributed by atoms with E-state index in [4.69, 9.17) is 4.52 Å². The molecule has 154 valence electrons. The molecule has 0 unspecified atom stereocenters. The molecule has 0 bridgehead atoms. The van der Waals surface area contributed by atoms with E-state index >= 15 is 0 Å². The average molecular weight is 426 g/mol. The lowest BCUT2D eigenvalue weighted by Gasteiger charge is -2.22. The molecule has 1 aliphatic heterocycles. The van der Waals surface area contributed by atoms with Gasteiger partial charge in [0.25, 0.3) is 0 Å². The molecule has 0 radical (unpaired) electrons. The fourth-order valence-corrected chi connectivity index (χ4v) is 4.10. The Morgan fingerprint density at radius 3 is 3.10 bits per heavy atom. The Labute approximate surface area is 175 Å². The van der Waals surface area contributed by atoms with E-state index in [9.17, 15) is 4.39 Å². The summed E-state index contributed by atoms with van der Waals surface area (Å²) in [5.41, 5.74) is 1.66. The van der Waals surface area contributed by atoms with E-state index in [0.717, 1.165) is 42.3 Å². The maximum atomic E-state index is 14.3. The first-order valence-electron chi connectivity index (χ1n) is 9.68. The van der Waals surface area contributed by atoms with Crippen LogP contribution in [0.4, 0.5) is 22.0 Å². The zero-order valence-corrected chi connectivity index (χ0v) is 17.0. The van der Waals surface area contributed by atoms with Crippen LogP contribution in [0.25, 0.3) is 10.7 Å². The molecule has 2 N–H and O–H groups in total. The van der Waals surface area contributed by atoms with Crippen LogP contribution in [-0.4, -0.2) is 36.9 Å². The minimum atomic E-state index is -0.540. The first-order valence-corrected chi connectivity index (χ1v) is 10.6. The van der Waals surface area contributed by atoms with Crippen molar-refractivity contribution in [2.75, 3.05) is 16.8 Å². The standard InChI is InChI=1S/C19H19FN8OS/c1-2-11-8-16(26-25-11)23-17-12(20)10-22-19(24-17)28-6-3-4-14(28)15-9-13(27-29-15)18-21-5-7-30-18/h5,7-10,14H,2-4,6H2,1H3,(H2,22,23,24,25,26)/t14-/m0/s1. The molecule has 9 nitrogen and oxygen atoms in total. The van der Waals surface area contributed by atoms with Crippen molar-refractivity contribution in [3.63, 3.8) is 0 Å². The lowest BCUT2D eigenvalue weighted by molar-refractivity contribution is 0.362. The van der Waals surface area contributed by atoms with Crippen molar-refractivity contribution in [3.05, 3.63) is 47.2 Å². The van der Waals surface area contributed by atoms with Gasteiger partial charge in [-0.25, -0.2) is 14.4 Å². The number of thiazole rings is 1. The normalized spacial score (nSPS) is 16.3. The van der Waals surface area contributed by atoms with Crippen molar-refractivity contribution < 1.29 is 8.91 Å². The van der Waals surface area contributed by atoms with Crippen molar-refractivity contribution in [3.8, 4) is 10.7 Å². The van der Waals surface area contributed by atoms with E-state index in [1.54, 1.807) is 6.20 Å². The number of H-pyrrole nitrogens is 1. The summed E-state index contributed by atoms with van der Waals surface area (Å²) in [6, 6.07) is 3.66. The van der Waals surface area contributed by atoms with E-state index in [0.29, 0.717) is 17.5 Å². The number of rotatable bonds is 6. The highest BCUT2D eigenvalue weighted by Crippen LogP contribution is 2.36. The maximum absolute atomic E-state index is 14.3. The van der Waals surface area contributed by atoms with Gasteiger partial charge in [-0.1, -0.05) is 12.1 Å². The molecule has 4 aromatic heterocycles. The fourth-order valence-electron chi connectivity index (χ4n) is 3.51. The van der Waals surface area contributed by atoms with Gasteiger partial charge in [0.15, 0.2) is 23.2 Å². The molecule has 1 fully saturated rings. The predicted octanol–water partition coefficient (Wildman–Crippen LogP) is 4.10. The molecule has 5 heterocycles. The number of hydrogen-bond acceptors (Lipinski definition) is 9. The van der Waals surface area contributed by atoms with E-state index in [1.165, 1.54) is 17.5 Å². The second-order valence-corrected chi connectivity index (χ2v) is 7.82. The summed E-state index contributed by atoms with van der Waals surface area (Å²) in [5, 5.41) is 16.8. The van der Waals surface area contributed by atoms with Gasteiger partial charge < -0.3 is 14.7 Å². The van der Waals surface area contributed by atoms with E-state index in [1.807, 2.05) is 29.3 Å². The SMILES string of the molecule is CCc1cc(Nc2nc(N3CCC[C@H]3c3cc(-c4nccs4)no3)ncc2F)n[nH]1. The van der Waals surface area contributed by atoms with Gasteiger partial charge in [-0.2, -0.15) is 10.1 Å².